The Morgan fingerprint density at radius 1 is 1.19 bits per heavy atom. The molecule has 0 saturated carbocycles. The summed E-state index contributed by atoms with van der Waals surface area (Å²) in [5.41, 5.74) is 0.564. The fourth-order valence-corrected chi connectivity index (χ4v) is 3.96. The van der Waals surface area contributed by atoms with Gasteiger partial charge in [0.15, 0.2) is 11.5 Å². The van der Waals surface area contributed by atoms with Gasteiger partial charge in [0.25, 0.3) is 5.56 Å². The van der Waals surface area contributed by atoms with Crippen molar-refractivity contribution in [3.8, 4) is 17.2 Å². The molecule has 1 aliphatic rings. The van der Waals surface area contributed by atoms with Crippen LogP contribution in [-0.2, 0) is 0 Å². The van der Waals surface area contributed by atoms with E-state index in [2.05, 4.69) is 20.4 Å². The molecule has 1 atom stereocenters. The zero-order valence-electron chi connectivity index (χ0n) is 16.5. The first kappa shape index (κ1) is 20.5. The third-order valence-corrected chi connectivity index (χ3v) is 5.63. The van der Waals surface area contributed by atoms with E-state index in [1.54, 1.807) is 24.4 Å². The molecule has 32 heavy (non-hydrogen) atoms. The van der Waals surface area contributed by atoms with Crippen molar-refractivity contribution in [2.45, 2.75) is 13.0 Å². The Hall–Kier alpha value is -3.40. The number of fused-ring (bicyclic) bond motifs is 1. The monoisotopic (exact) mass is 471 g/mol. The average molecular weight is 472 g/mol. The molecule has 0 amide bonds. The van der Waals surface area contributed by atoms with Crippen LogP contribution in [0.5, 0.6) is 11.5 Å². The van der Waals surface area contributed by atoms with E-state index in [4.69, 9.17) is 27.9 Å². The number of carbonyl (C=O) groups is 1. The molecule has 1 unspecified atom stereocenters. The van der Waals surface area contributed by atoms with E-state index in [0.29, 0.717) is 23.2 Å². The molecule has 3 heterocycles. The first-order valence-corrected chi connectivity index (χ1v) is 10.3. The largest absolute Gasteiger partial charge is 0.454 e. The molecule has 0 spiro atoms. The van der Waals surface area contributed by atoms with Crippen LogP contribution in [0.15, 0.2) is 46.1 Å². The van der Waals surface area contributed by atoms with Gasteiger partial charge in [0.1, 0.15) is 11.4 Å². The molecule has 0 bridgehead atoms. The molecule has 1 saturated heterocycles. The summed E-state index contributed by atoms with van der Waals surface area (Å²) in [6.07, 6.45) is 1.64. The minimum atomic E-state index is -0.713. The van der Waals surface area contributed by atoms with Crippen molar-refractivity contribution in [2.24, 2.45) is 0 Å². The lowest BCUT2D eigenvalue weighted by atomic mass is 10.1. The highest BCUT2D eigenvalue weighted by atomic mass is 35.5. The van der Waals surface area contributed by atoms with Crippen molar-refractivity contribution in [1.29, 1.82) is 0 Å². The topological polar surface area (TPSA) is 132 Å². The SMILES string of the molecule is CC(=O)c1c[nH]c2ccc(Oc3c(Cl)cc(-n4nc(C5CN5)c(=O)[nH]c4=O)cc3Cl)cc12. The van der Waals surface area contributed by atoms with Gasteiger partial charge in [-0.3, -0.25) is 14.6 Å². The molecule has 11 heteroatoms. The van der Waals surface area contributed by atoms with Crippen molar-refractivity contribution >= 4 is 39.9 Å². The fraction of sp³-hybridized carbons (Fsp3) is 0.143. The molecule has 9 nitrogen and oxygen atoms in total. The molecular weight excluding hydrogens is 457 g/mol. The van der Waals surface area contributed by atoms with Gasteiger partial charge in [0.2, 0.25) is 0 Å². The van der Waals surface area contributed by atoms with Crippen LogP contribution in [0, 0.1) is 0 Å². The Labute approximate surface area is 189 Å². The van der Waals surface area contributed by atoms with E-state index in [9.17, 15) is 14.4 Å². The van der Waals surface area contributed by atoms with E-state index >= 15 is 0 Å². The minimum absolute atomic E-state index is 0.0755. The van der Waals surface area contributed by atoms with Crippen molar-refractivity contribution in [3.05, 3.63) is 78.7 Å². The van der Waals surface area contributed by atoms with Crippen LogP contribution in [0.3, 0.4) is 0 Å². The van der Waals surface area contributed by atoms with Gasteiger partial charge in [0, 0.05) is 29.2 Å². The Morgan fingerprint density at radius 3 is 2.56 bits per heavy atom. The zero-order chi connectivity index (χ0) is 22.6. The first-order chi connectivity index (χ1) is 15.3. The number of halogens is 2. The second kappa shape index (κ2) is 7.63. The molecule has 4 aromatic rings. The van der Waals surface area contributed by atoms with Crippen LogP contribution < -0.4 is 21.3 Å². The lowest BCUT2D eigenvalue weighted by Gasteiger charge is -2.13. The number of ketones is 1. The number of aromatic nitrogens is 4. The Bertz CT molecular complexity index is 1490. The van der Waals surface area contributed by atoms with Crippen molar-refractivity contribution in [1.82, 2.24) is 25.1 Å². The second-order valence-corrected chi connectivity index (χ2v) is 8.14. The molecule has 5 rings (SSSR count). The Balaban J connectivity index is 1.53. The summed E-state index contributed by atoms with van der Waals surface area (Å²) in [6, 6.07) is 7.95. The van der Waals surface area contributed by atoms with E-state index in [1.807, 2.05) is 0 Å². The van der Waals surface area contributed by atoms with Gasteiger partial charge in [-0.2, -0.15) is 9.78 Å². The maximum Gasteiger partial charge on any atom is 0.349 e. The van der Waals surface area contributed by atoms with Gasteiger partial charge in [-0.15, -0.1) is 0 Å². The van der Waals surface area contributed by atoms with Gasteiger partial charge in [0.05, 0.1) is 21.8 Å². The number of aromatic amines is 2. The summed E-state index contributed by atoms with van der Waals surface area (Å²) < 4.78 is 6.93. The van der Waals surface area contributed by atoms with Crippen LogP contribution in [0.4, 0.5) is 0 Å². The highest BCUT2D eigenvalue weighted by molar-refractivity contribution is 6.37. The van der Waals surface area contributed by atoms with Crippen molar-refractivity contribution in [2.75, 3.05) is 6.54 Å². The first-order valence-electron chi connectivity index (χ1n) is 9.58. The minimum Gasteiger partial charge on any atom is -0.454 e. The normalized spacial score (nSPS) is 15.2. The van der Waals surface area contributed by atoms with Gasteiger partial charge >= 0.3 is 5.69 Å². The smallest absolute Gasteiger partial charge is 0.349 e. The highest BCUT2D eigenvalue weighted by Gasteiger charge is 2.28. The zero-order valence-corrected chi connectivity index (χ0v) is 18.0. The summed E-state index contributed by atoms with van der Waals surface area (Å²) in [5, 5.41) is 8.12. The number of ether oxygens (including phenoxy) is 1. The fourth-order valence-electron chi connectivity index (χ4n) is 3.41. The van der Waals surface area contributed by atoms with Gasteiger partial charge in [-0.1, -0.05) is 23.2 Å². The van der Waals surface area contributed by atoms with Crippen LogP contribution in [0.25, 0.3) is 16.6 Å². The van der Waals surface area contributed by atoms with Crippen LogP contribution in [0.1, 0.15) is 29.0 Å². The third kappa shape index (κ3) is 3.60. The summed E-state index contributed by atoms with van der Waals surface area (Å²) in [6.45, 7) is 2.10. The third-order valence-electron chi connectivity index (χ3n) is 5.07. The number of nitrogens with one attached hydrogen (secondary N) is 3. The maximum absolute atomic E-state index is 12.3. The summed E-state index contributed by atoms with van der Waals surface area (Å²) >= 11 is 12.8. The number of hydrogen-bond acceptors (Lipinski definition) is 6. The molecule has 1 fully saturated rings. The lowest BCUT2D eigenvalue weighted by Crippen LogP contribution is -2.34. The Kier molecular flexibility index (Phi) is 4.89. The number of rotatable bonds is 5. The van der Waals surface area contributed by atoms with Crippen LogP contribution in [-0.4, -0.2) is 32.1 Å². The van der Waals surface area contributed by atoms with Gasteiger partial charge in [-0.05, 0) is 37.3 Å². The highest BCUT2D eigenvalue weighted by Crippen LogP contribution is 2.39. The van der Waals surface area contributed by atoms with Crippen molar-refractivity contribution < 1.29 is 9.53 Å². The quantitative estimate of drug-likeness (QED) is 0.302. The number of H-pyrrole nitrogens is 2. The van der Waals surface area contributed by atoms with Crippen LogP contribution >= 0.6 is 23.2 Å². The molecular formula is C21H15Cl2N5O4. The second-order valence-electron chi connectivity index (χ2n) is 7.32. The molecule has 2 aromatic carbocycles. The standard InChI is InChI=1S/C21H15Cl2N5O4/c1-9(29)13-7-24-16-3-2-11(6-12(13)16)32-19-14(22)4-10(5-15(19)23)28-21(31)26-20(30)18(27-28)17-8-25-17/h2-7,17,24-25H,8H2,1H3,(H,26,30,31). The van der Waals surface area contributed by atoms with Gasteiger partial charge < -0.3 is 15.0 Å². The molecule has 0 radical (unpaired) electrons. The number of carbonyl (C=O) groups excluding carboxylic acids is 1. The number of benzene rings is 2. The lowest BCUT2D eigenvalue weighted by molar-refractivity contribution is 0.101. The summed E-state index contributed by atoms with van der Waals surface area (Å²) in [4.78, 5) is 41.4. The summed E-state index contributed by atoms with van der Waals surface area (Å²) in [5.74, 6) is 0.531. The average Bonchev–Trinajstić information content (AvgIpc) is 3.48. The molecule has 3 N–H and O–H groups in total. The number of hydrogen-bond donors (Lipinski definition) is 3. The Morgan fingerprint density at radius 2 is 1.91 bits per heavy atom. The van der Waals surface area contributed by atoms with Gasteiger partial charge in [-0.25, -0.2) is 4.79 Å². The van der Waals surface area contributed by atoms with E-state index in [1.165, 1.54) is 19.1 Å². The maximum atomic E-state index is 12.3. The summed E-state index contributed by atoms with van der Waals surface area (Å²) in [7, 11) is 0. The van der Waals surface area contributed by atoms with E-state index in [0.717, 1.165) is 10.2 Å². The number of Topliss-reactive ketones (excluding diaryl/α,β-unsaturated/α-hetero) is 1. The molecule has 162 valence electrons. The molecule has 1 aliphatic heterocycles. The van der Waals surface area contributed by atoms with Crippen LogP contribution in [0.2, 0.25) is 10.0 Å². The van der Waals surface area contributed by atoms with Crippen molar-refractivity contribution in [3.63, 3.8) is 0 Å². The predicted octanol–water partition coefficient (Wildman–Crippen LogP) is 3.35. The number of nitrogens with zero attached hydrogens (tertiary/aromatic N) is 2. The molecule has 2 aromatic heterocycles. The van der Waals surface area contributed by atoms with E-state index in [-0.39, 0.29) is 39.0 Å². The van der Waals surface area contributed by atoms with E-state index < -0.39 is 11.2 Å². The predicted molar refractivity (Wildman–Crippen MR) is 120 cm³/mol. The molecule has 0 aliphatic carbocycles.